The average Bonchev–Trinajstić information content (AvgIpc) is 2.92. The summed E-state index contributed by atoms with van der Waals surface area (Å²) in [5, 5.41) is 0. The van der Waals surface area contributed by atoms with E-state index in [1.54, 1.807) is 7.05 Å². The molecule has 0 aromatic heterocycles. The van der Waals surface area contributed by atoms with Crippen molar-refractivity contribution in [2.75, 3.05) is 20.3 Å². The van der Waals surface area contributed by atoms with E-state index in [9.17, 15) is 4.79 Å². The maximum absolute atomic E-state index is 12.1. The van der Waals surface area contributed by atoms with Gasteiger partial charge >= 0.3 is 0 Å². The minimum Gasteiger partial charge on any atom is -0.490 e. The smallest absolute Gasteiger partial charge is 0.265 e. The molecule has 2 aromatic rings. The summed E-state index contributed by atoms with van der Waals surface area (Å²) in [6, 6.07) is 17.5. The molecule has 0 bridgehead atoms. The Morgan fingerprint density at radius 3 is 2.46 bits per heavy atom. The minimum atomic E-state index is -0.0466. The Morgan fingerprint density at radius 1 is 1.04 bits per heavy atom. The van der Waals surface area contributed by atoms with Crippen LogP contribution in [0.4, 0.5) is 0 Å². The molecule has 26 heavy (non-hydrogen) atoms. The SMILES string of the molecule is CN1C(=O)/C(=C/Cc2ccccc2OCCOc2ccccc2)SC1=S. The molecule has 1 fully saturated rings. The molecular formula is C20H19NO3S2. The lowest BCUT2D eigenvalue weighted by Gasteiger charge is -2.11. The van der Waals surface area contributed by atoms with E-state index in [2.05, 4.69) is 0 Å². The number of thiocarbonyl (C=S) groups is 1. The first kappa shape index (κ1) is 18.5. The standard InChI is InChI=1S/C20H19NO3S2/c1-21-19(22)18(26-20(21)25)12-11-15-7-5-6-10-17(15)24-14-13-23-16-8-3-2-4-9-16/h2-10,12H,11,13-14H2,1H3/b18-12-. The van der Waals surface area contributed by atoms with Crippen molar-refractivity contribution in [2.24, 2.45) is 0 Å². The summed E-state index contributed by atoms with van der Waals surface area (Å²) in [7, 11) is 1.70. The number of thioether (sulfide) groups is 1. The van der Waals surface area contributed by atoms with Gasteiger partial charge in [0.2, 0.25) is 0 Å². The number of nitrogens with zero attached hydrogens (tertiary/aromatic N) is 1. The molecule has 0 saturated carbocycles. The summed E-state index contributed by atoms with van der Waals surface area (Å²) in [5.41, 5.74) is 1.02. The molecule has 0 atom stereocenters. The van der Waals surface area contributed by atoms with Crippen LogP contribution in [-0.4, -0.2) is 35.4 Å². The monoisotopic (exact) mass is 385 g/mol. The van der Waals surface area contributed by atoms with Crippen LogP contribution < -0.4 is 9.47 Å². The second kappa shape index (κ2) is 8.87. The molecule has 134 valence electrons. The zero-order valence-electron chi connectivity index (χ0n) is 14.4. The summed E-state index contributed by atoms with van der Waals surface area (Å²) in [6.45, 7) is 0.913. The van der Waals surface area contributed by atoms with Crippen molar-refractivity contribution in [2.45, 2.75) is 6.42 Å². The van der Waals surface area contributed by atoms with Crippen molar-refractivity contribution >= 4 is 34.2 Å². The third-order valence-electron chi connectivity index (χ3n) is 3.82. The van der Waals surface area contributed by atoms with E-state index in [4.69, 9.17) is 21.7 Å². The zero-order valence-corrected chi connectivity index (χ0v) is 16.0. The Bertz CT molecular complexity index is 821. The number of hydrogen-bond donors (Lipinski definition) is 0. The average molecular weight is 386 g/mol. The molecule has 3 rings (SSSR count). The van der Waals surface area contributed by atoms with Crippen LogP contribution in [0.15, 0.2) is 65.6 Å². The largest absolute Gasteiger partial charge is 0.490 e. The molecule has 1 heterocycles. The fraction of sp³-hybridized carbons (Fsp3) is 0.200. The van der Waals surface area contributed by atoms with E-state index in [1.165, 1.54) is 16.7 Å². The lowest BCUT2D eigenvalue weighted by Crippen LogP contribution is -2.22. The Hall–Kier alpha value is -2.31. The molecule has 1 aliphatic heterocycles. The molecule has 1 aliphatic rings. The molecule has 0 radical (unpaired) electrons. The second-order valence-corrected chi connectivity index (χ2v) is 7.30. The Labute approximate surface area is 162 Å². The molecule has 0 unspecified atom stereocenters. The van der Waals surface area contributed by atoms with Crippen molar-refractivity contribution in [1.82, 2.24) is 4.90 Å². The Kier molecular flexibility index (Phi) is 6.30. The third-order valence-corrected chi connectivity index (χ3v) is 5.35. The third kappa shape index (κ3) is 4.65. The number of rotatable bonds is 7. The van der Waals surface area contributed by atoms with E-state index < -0.39 is 0 Å². The van der Waals surface area contributed by atoms with E-state index in [-0.39, 0.29) is 5.91 Å². The predicted octanol–water partition coefficient (Wildman–Crippen LogP) is 4.06. The lowest BCUT2D eigenvalue weighted by atomic mass is 10.1. The van der Waals surface area contributed by atoms with Gasteiger partial charge in [0.15, 0.2) is 0 Å². The maximum atomic E-state index is 12.1. The molecule has 0 N–H and O–H groups in total. The number of amides is 1. The van der Waals surface area contributed by atoms with Crippen LogP contribution in [0.5, 0.6) is 11.5 Å². The highest BCUT2D eigenvalue weighted by Gasteiger charge is 2.28. The highest BCUT2D eigenvalue weighted by atomic mass is 32.2. The molecule has 0 aliphatic carbocycles. The van der Waals surface area contributed by atoms with Gasteiger partial charge in [-0.3, -0.25) is 9.69 Å². The number of benzene rings is 2. The zero-order chi connectivity index (χ0) is 18.4. The molecule has 1 amide bonds. The first-order chi connectivity index (χ1) is 12.6. The molecule has 0 spiro atoms. The van der Waals surface area contributed by atoms with Crippen LogP contribution in [0.2, 0.25) is 0 Å². The molecule has 6 heteroatoms. The van der Waals surface area contributed by atoms with Gasteiger partial charge in [-0.15, -0.1) is 0 Å². The Balaban J connectivity index is 1.56. The van der Waals surface area contributed by atoms with Crippen molar-refractivity contribution < 1.29 is 14.3 Å². The number of ether oxygens (including phenoxy) is 2. The van der Waals surface area contributed by atoms with E-state index in [0.29, 0.717) is 28.9 Å². The van der Waals surface area contributed by atoms with Gasteiger partial charge in [0, 0.05) is 7.05 Å². The number of para-hydroxylation sites is 2. The lowest BCUT2D eigenvalue weighted by molar-refractivity contribution is -0.121. The fourth-order valence-corrected chi connectivity index (χ4v) is 3.58. The quantitative estimate of drug-likeness (QED) is 0.408. The minimum absolute atomic E-state index is 0.0466. The van der Waals surface area contributed by atoms with Crippen LogP contribution in [0.25, 0.3) is 0 Å². The van der Waals surface area contributed by atoms with Crippen molar-refractivity contribution in [1.29, 1.82) is 0 Å². The van der Waals surface area contributed by atoms with Crippen LogP contribution in [0.1, 0.15) is 5.56 Å². The second-order valence-electron chi connectivity index (χ2n) is 5.62. The number of hydrogen-bond acceptors (Lipinski definition) is 5. The summed E-state index contributed by atoms with van der Waals surface area (Å²) in [4.78, 5) is 14.2. The molecule has 2 aromatic carbocycles. The van der Waals surface area contributed by atoms with Crippen LogP contribution in [0.3, 0.4) is 0 Å². The van der Waals surface area contributed by atoms with Gasteiger partial charge in [0.05, 0.1) is 4.91 Å². The van der Waals surface area contributed by atoms with Gasteiger partial charge in [0.1, 0.15) is 29.0 Å². The summed E-state index contributed by atoms with van der Waals surface area (Å²) < 4.78 is 12.1. The summed E-state index contributed by atoms with van der Waals surface area (Å²) in [5.74, 6) is 1.58. The summed E-state index contributed by atoms with van der Waals surface area (Å²) >= 11 is 6.49. The van der Waals surface area contributed by atoms with Gasteiger partial charge < -0.3 is 9.47 Å². The first-order valence-electron chi connectivity index (χ1n) is 8.24. The van der Waals surface area contributed by atoms with Gasteiger partial charge in [0.25, 0.3) is 5.91 Å². The number of carbonyl (C=O) groups excluding carboxylic acids is 1. The highest BCUT2D eigenvalue weighted by molar-refractivity contribution is 8.26. The highest BCUT2D eigenvalue weighted by Crippen LogP contribution is 2.30. The van der Waals surface area contributed by atoms with Crippen LogP contribution >= 0.6 is 24.0 Å². The predicted molar refractivity (Wildman–Crippen MR) is 109 cm³/mol. The maximum Gasteiger partial charge on any atom is 0.265 e. The van der Waals surface area contributed by atoms with E-state index >= 15 is 0 Å². The number of likely N-dealkylation sites (N-methyl/N-ethyl adjacent to an activating group) is 1. The van der Waals surface area contributed by atoms with Gasteiger partial charge in [-0.25, -0.2) is 0 Å². The molecule has 1 saturated heterocycles. The van der Waals surface area contributed by atoms with Crippen LogP contribution in [-0.2, 0) is 11.2 Å². The van der Waals surface area contributed by atoms with Crippen LogP contribution in [0, 0.1) is 0 Å². The molecule has 4 nitrogen and oxygen atoms in total. The topological polar surface area (TPSA) is 38.8 Å². The fourth-order valence-electron chi connectivity index (χ4n) is 2.43. The first-order valence-corrected chi connectivity index (χ1v) is 9.46. The Morgan fingerprint density at radius 2 is 1.73 bits per heavy atom. The van der Waals surface area contributed by atoms with Crippen molar-refractivity contribution in [3.05, 3.63) is 71.1 Å². The van der Waals surface area contributed by atoms with Gasteiger partial charge in [-0.05, 0) is 30.2 Å². The molecular weight excluding hydrogens is 366 g/mol. The number of allylic oxidation sites excluding steroid dienone is 1. The van der Waals surface area contributed by atoms with E-state index in [0.717, 1.165) is 17.1 Å². The van der Waals surface area contributed by atoms with Crippen molar-refractivity contribution in [3.8, 4) is 11.5 Å². The normalized spacial score (nSPS) is 15.6. The summed E-state index contributed by atoms with van der Waals surface area (Å²) in [6.07, 6.45) is 2.52. The van der Waals surface area contributed by atoms with Crippen molar-refractivity contribution in [3.63, 3.8) is 0 Å². The van der Waals surface area contributed by atoms with Gasteiger partial charge in [-0.2, -0.15) is 0 Å². The number of carbonyl (C=O) groups is 1. The van der Waals surface area contributed by atoms with Gasteiger partial charge in [-0.1, -0.05) is 66.5 Å². The van der Waals surface area contributed by atoms with E-state index in [1.807, 2.05) is 60.7 Å².